The topological polar surface area (TPSA) is 0 Å². The summed E-state index contributed by atoms with van der Waals surface area (Å²) in [6.45, 7) is 4.14. The molecule has 2 unspecified atom stereocenters. The molecule has 0 heterocycles. The van der Waals surface area contributed by atoms with Gasteiger partial charge in [-0.25, -0.2) is 0 Å². The highest BCUT2D eigenvalue weighted by Crippen LogP contribution is 2.50. The number of rotatable bonds is 6. The van der Waals surface area contributed by atoms with Crippen LogP contribution in [0.2, 0.25) is 10.0 Å². The summed E-state index contributed by atoms with van der Waals surface area (Å²) in [5.41, 5.74) is 7.00. The first kappa shape index (κ1) is 22.0. The molecule has 3 heteroatoms. The van der Waals surface area contributed by atoms with E-state index in [0.29, 0.717) is 0 Å². The third-order valence-electron chi connectivity index (χ3n) is 5.35. The maximum absolute atomic E-state index is 6.76. The van der Waals surface area contributed by atoms with E-state index in [1.54, 1.807) is 0 Å². The lowest BCUT2D eigenvalue weighted by Crippen LogP contribution is -2.05. The van der Waals surface area contributed by atoms with Gasteiger partial charge in [0.1, 0.15) is 0 Å². The Kier molecular flexibility index (Phi) is 7.07. The fraction of sp³-hybridized carbons (Fsp3) is 0.143. The lowest BCUT2D eigenvalue weighted by molar-refractivity contribution is 1.09. The average Bonchev–Trinajstić information content (AvgIpc) is 2.77. The molecule has 31 heavy (non-hydrogen) atoms. The largest absolute Gasteiger partial charge is 0.136 e. The number of halogens is 2. The molecule has 0 radical (unpaired) electrons. The van der Waals surface area contributed by atoms with Crippen molar-refractivity contribution < 1.29 is 0 Å². The van der Waals surface area contributed by atoms with E-state index in [1.165, 1.54) is 11.1 Å². The highest BCUT2D eigenvalue weighted by Gasteiger charge is 2.26. The quantitative estimate of drug-likeness (QED) is 0.275. The van der Waals surface area contributed by atoms with Crippen LogP contribution in [-0.4, -0.2) is 0 Å². The molecule has 4 aromatic carbocycles. The zero-order chi connectivity index (χ0) is 21.8. The van der Waals surface area contributed by atoms with Crippen molar-refractivity contribution in [2.45, 2.75) is 24.3 Å². The second kappa shape index (κ2) is 9.96. The SMILES string of the molecule is Cc1ccc(C(SC(c2ccccc2)c2ccc(C)cc2Cl)c2ccccc2)c(Cl)c1. The van der Waals surface area contributed by atoms with Gasteiger partial charge in [-0.15, -0.1) is 11.8 Å². The van der Waals surface area contributed by atoms with Crippen molar-refractivity contribution in [3.05, 3.63) is 140 Å². The van der Waals surface area contributed by atoms with Gasteiger partial charge in [0, 0.05) is 10.0 Å². The molecule has 0 aliphatic heterocycles. The van der Waals surface area contributed by atoms with Gasteiger partial charge in [-0.3, -0.25) is 0 Å². The van der Waals surface area contributed by atoms with Crippen LogP contribution >= 0.6 is 35.0 Å². The van der Waals surface area contributed by atoms with Gasteiger partial charge < -0.3 is 0 Å². The first-order valence-corrected chi connectivity index (χ1v) is 12.0. The van der Waals surface area contributed by atoms with Crippen LogP contribution in [0.5, 0.6) is 0 Å². The Hall–Kier alpha value is -2.19. The van der Waals surface area contributed by atoms with Gasteiger partial charge in [-0.05, 0) is 59.4 Å². The fourth-order valence-corrected chi connectivity index (χ4v) is 6.17. The number of benzene rings is 4. The molecular formula is C28H24Cl2S. The van der Waals surface area contributed by atoms with Gasteiger partial charge in [0.25, 0.3) is 0 Å². The summed E-state index contributed by atoms with van der Waals surface area (Å²) in [4.78, 5) is 0. The van der Waals surface area contributed by atoms with Crippen molar-refractivity contribution >= 4 is 35.0 Å². The van der Waals surface area contributed by atoms with Crippen molar-refractivity contribution in [2.75, 3.05) is 0 Å². The molecule has 4 rings (SSSR count). The smallest absolute Gasteiger partial charge is 0.0570 e. The molecule has 0 aliphatic rings. The van der Waals surface area contributed by atoms with Gasteiger partial charge in [-0.2, -0.15) is 0 Å². The van der Waals surface area contributed by atoms with E-state index in [2.05, 4.69) is 86.6 Å². The molecule has 0 fully saturated rings. The number of hydrogen-bond donors (Lipinski definition) is 0. The van der Waals surface area contributed by atoms with Crippen LogP contribution < -0.4 is 0 Å². The maximum Gasteiger partial charge on any atom is 0.0570 e. The summed E-state index contributed by atoms with van der Waals surface area (Å²) in [6.07, 6.45) is 0. The Balaban J connectivity index is 1.84. The van der Waals surface area contributed by atoms with Crippen LogP contribution in [0, 0.1) is 13.8 Å². The van der Waals surface area contributed by atoms with E-state index in [4.69, 9.17) is 23.2 Å². The summed E-state index contributed by atoms with van der Waals surface area (Å²) >= 11 is 15.4. The minimum absolute atomic E-state index is 0.0666. The predicted octanol–water partition coefficient (Wildman–Crippen LogP) is 9.22. The standard InChI is InChI=1S/C28H24Cl2S/c1-19-13-15-23(25(29)17-19)27(21-9-5-3-6-10-21)31-28(22-11-7-4-8-12-22)24-16-14-20(2)18-26(24)30/h3-18,27-28H,1-2H3. The molecule has 0 aliphatic carbocycles. The van der Waals surface area contributed by atoms with Crippen molar-refractivity contribution in [2.24, 2.45) is 0 Å². The van der Waals surface area contributed by atoms with Crippen molar-refractivity contribution in [3.8, 4) is 0 Å². The van der Waals surface area contributed by atoms with Crippen LogP contribution in [-0.2, 0) is 0 Å². The second-order valence-corrected chi connectivity index (χ2v) is 9.80. The summed E-state index contributed by atoms with van der Waals surface area (Å²) in [6, 6.07) is 33.8. The Morgan fingerprint density at radius 2 is 0.935 bits per heavy atom. The van der Waals surface area contributed by atoms with Crippen LogP contribution in [0.3, 0.4) is 0 Å². The normalized spacial score (nSPS) is 13.0. The van der Waals surface area contributed by atoms with Gasteiger partial charge in [0.15, 0.2) is 0 Å². The summed E-state index contributed by atoms with van der Waals surface area (Å²) in [5.74, 6) is 0. The molecule has 0 saturated heterocycles. The van der Waals surface area contributed by atoms with Crippen molar-refractivity contribution in [1.82, 2.24) is 0 Å². The highest BCUT2D eigenvalue weighted by molar-refractivity contribution is 8.00. The number of hydrogen-bond acceptors (Lipinski definition) is 1. The Bertz CT molecular complexity index is 1060. The highest BCUT2D eigenvalue weighted by atomic mass is 35.5. The van der Waals surface area contributed by atoms with E-state index in [1.807, 2.05) is 36.0 Å². The van der Waals surface area contributed by atoms with Crippen LogP contribution in [0.15, 0.2) is 97.1 Å². The van der Waals surface area contributed by atoms with E-state index in [9.17, 15) is 0 Å². The third-order valence-corrected chi connectivity index (χ3v) is 7.60. The fourth-order valence-electron chi connectivity index (χ4n) is 3.74. The molecule has 4 aromatic rings. The zero-order valence-corrected chi connectivity index (χ0v) is 19.9. The number of aryl methyl sites for hydroxylation is 2. The minimum atomic E-state index is 0.0666. The van der Waals surface area contributed by atoms with Crippen molar-refractivity contribution in [1.29, 1.82) is 0 Å². The number of thioether (sulfide) groups is 1. The van der Waals surface area contributed by atoms with Gasteiger partial charge >= 0.3 is 0 Å². The van der Waals surface area contributed by atoms with Gasteiger partial charge in [0.2, 0.25) is 0 Å². The van der Waals surface area contributed by atoms with Crippen molar-refractivity contribution in [3.63, 3.8) is 0 Å². The minimum Gasteiger partial charge on any atom is -0.136 e. The molecule has 156 valence electrons. The summed E-state index contributed by atoms with van der Waals surface area (Å²) < 4.78 is 0. The Labute approximate surface area is 199 Å². The van der Waals surface area contributed by atoms with Gasteiger partial charge in [-0.1, -0.05) is 108 Å². The molecule has 2 atom stereocenters. The van der Waals surface area contributed by atoms with E-state index >= 15 is 0 Å². The lowest BCUT2D eigenvalue weighted by Gasteiger charge is -2.27. The zero-order valence-electron chi connectivity index (χ0n) is 17.6. The van der Waals surface area contributed by atoms with Crippen LogP contribution in [0.4, 0.5) is 0 Å². The predicted molar refractivity (Wildman–Crippen MR) is 137 cm³/mol. The van der Waals surface area contributed by atoms with Crippen LogP contribution in [0.25, 0.3) is 0 Å². The molecule has 0 nitrogen and oxygen atoms in total. The first-order chi connectivity index (χ1) is 15.0. The van der Waals surface area contributed by atoms with E-state index < -0.39 is 0 Å². The summed E-state index contributed by atoms with van der Waals surface area (Å²) in [7, 11) is 0. The molecule has 0 N–H and O–H groups in total. The molecule has 0 aromatic heterocycles. The third kappa shape index (κ3) is 5.18. The lowest BCUT2D eigenvalue weighted by atomic mass is 10.0. The van der Waals surface area contributed by atoms with Gasteiger partial charge in [0.05, 0.1) is 10.5 Å². The average molecular weight is 463 g/mol. The Morgan fingerprint density at radius 1 is 0.548 bits per heavy atom. The molecule has 0 spiro atoms. The summed E-state index contributed by atoms with van der Waals surface area (Å²) in [5, 5.41) is 1.72. The monoisotopic (exact) mass is 462 g/mol. The Morgan fingerprint density at radius 3 is 1.29 bits per heavy atom. The molecule has 0 amide bonds. The van der Waals surface area contributed by atoms with E-state index in [-0.39, 0.29) is 10.5 Å². The maximum atomic E-state index is 6.76. The molecule has 0 bridgehead atoms. The molecular weight excluding hydrogens is 439 g/mol. The first-order valence-electron chi connectivity index (χ1n) is 10.3. The van der Waals surface area contributed by atoms with Crippen LogP contribution in [0.1, 0.15) is 43.9 Å². The molecule has 0 saturated carbocycles. The van der Waals surface area contributed by atoms with E-state index in [0.717, 1.165) is 32.3 Å². The second-order valence-electron chi connectivity index (χ2n) is 7.77.